The third-order valence-electron chi connectivity index (χ3n) is 5.98. The molecule has 0 bridgehead atoms. The second kappa shape index (κ2) is 12.6. The number of guanidine groups is 1. The van der Waals surface area contributed by atoms with Gasteiger partial charge in [0.05, 0.1) is 0 Å². The van der Waals surface area contributed by atoms with Crippen LogP contribution in [0, 0.1) is 5.92 Å². The van der Waals surface area contributed by atoms with Gasteiger partial charge in [0.15, 0.2) is 5.96 Å². The maximum atomic E-state index is 4.85. The lowest BCUT2D eigenvalue weighted by atomic mass is 10.0. The molecule has 0 saturated carbocycles. The van der Waals surface area contributed by atoms with Crippen molar-refractivity contribution in [3.8, 4) is 0 Å². The van der Waals surface area contributed by atoms with Gasteiger partial charge in [0, 0.05) is 64.9 Å². The highest BCUT2D eigenvalue weighted by molar-refractivity contribution is 5.79. The quantitative estimate of drug-likeness (QED) is 0.471. The predicted octanol–water partition coefficient (Wildman–Crippen LogP) is 1.69. The molecule has 2 aliphatic rings. The molecule has 0 aromatic heterocycles. The minimum atomic E-state index is 0.593. The number of hydrogen-bond acceptors (Lipinski definition) is 4. The Morgan fingerprint density at radius 1 is 1.07 bits per heavy atom. The van der Waals surface area contributed by atoms with Gasteiger partial charge in [-0.1, -0.05) is 20.3 Å². The summed E-state index contributed by atoms with van der Waals surface area (Å²) < 4.78 is 0. The Labute approximate surface area is 167 Å². The van der Waals surface area contributed by atoms with Crippen molar-refractivity contribution < 1.29 is 0 Å². The standard InChI is InChI=1S/C21H44N6/c1-5-20-9-7-8-11-27(20)12-10-23-21(22-6-2)24-17-19(3)18-26-15-13-25(4)14-16-26/h19-20H,5-18H2,1-4H3,(H2,22,23,24). The summed E-state index contributed by atoms with van der Waals surface area (Å²) in [6.07, 6.45) is 5.40. The number of nitrogens with zero attached hydrogens (tertiary/aromatic N) is 4. The first-order chi connectivity index (χ1) is 13.1. The molecule has 2 heterocycles. The van der Waals surface area contributed by atoms with Gasteiger partial charge in [-0.15, -0.1) is 0 Å². The van der Waals surface area contributed by atoms with E-state index < -0.39 is 0 Å². The number of likely N-dealkylation sites (tertiary alicyclic amines) is 1. The van der Waals surface area contributed by atoms with Gasteiger partial charge >= 0.3 is 0 Å². The van der Waals surface area contributed by atoms with Crippen molar-refractivity contribution in [1.82, 2.24) is 25.3 Å². The second-order valence-electron chi connectivity index (χ2n) is 8.45. The summed E-state index contributed by atoms with van der Waals surface area (Å²) in [5.41, 5.74) is 0. The van der Waals surface area contributed by atoms with Gasteiger partial charge in [0.25, 0.3) is 0 Å². The van der Waals surface area contributed by atoms with Gasteiger partial charge in [-0.05, 0) is 45.7 Å². The average Bonchev–Trinajstić information content (AvgIpc) is 2.68. The van der Waals surface area contributed by atoms with Gasteiger partial charge in [-0.2, -0.15) is 0 Å². The van der Waals surface area contributed by atoms with Crippen molar-refractivity contribution in [2.45, 2.75) is 52.5 Å². The van der Waals surface area contributed by atoms with Gasteiger partial charge < -0.3 is 20.4 Å². The number of nitrogens with one attached hydrogen (secondary N) is 2. The Balaban J connectivity index is 1.71. The molecule has 2 aliphatic heterocycles. The molecule has 2 unspecified atom stereocenters. The average molecular weight is 381 g/mol. The lowest BCUT2D eigenvalue weighted by molar-refractivity contribution is 0.140. The van der Waals surface area contributed by atoms with Crippen molar-refractivity contribution >= 4 is 5.96 Å². The van der Waals surface area contributed by atoms with E-state index >= 15 is 0 Å². The van der Waals surface area contributed by atoms with Crippen molar-refractivity contribution in [2.75, 3.05) is 72.5 Å². The Morgan fingerprint density at radius 3 is 2.56 bits per heavy atom. The van der Waals surface area contributed by atoms with Crippen molar-refractivity contribution in [1.29, 1.82) is 0 Å². The molecule has 27 heavy (non-hydrogen) atoms. The molecule has 2 N–H and O–H groups in total. The minimum absolute atomic E-state index is 0.593. The maximum absolute atomic E-state index is 4.85. The van der Waals surface area contributed by atoms with E-state index in [1.165, 1.54) is 58.4 Å². The summed E-state index contributed by atoms with van der Waals surface area (Å²) in [5, 5.41) is 6.96. The number of rotatable bonds is 9. The Bertz CT molecular complexity index is 419. The minimum Gasteiger partial charge on any atom is -0.357 e. The second-order valence-corrected chi connectivity index (χ2v) is 8.45. The molecule has 2 fully saturated rings. The van der Waals surface area contributed by atoms with Crippen molar-refractivity contribution in [2.24, 2.45) is 10.9 Å². The number of hydrogen-bond donors (Lipinski definition) is 2. The van der Waals surface area contributed by atoms with Crippen LogP contribution in [-0.2, 0) is 0 Å². The molecule has 0 aromatic rings. The molecule has 6 heteroatoms. The van der Waals surface area contributed by atoms with Crippen LogP contribution in [0.25, 0.3) is 0 Å². The highest BCUT2D eigenvalue weighted by Gasteiger charge is 2.20. The third kappa shape index (κ3) is 8.36. The van der Waals surface area contributed by atoms with E-state index in [0.717, 1.165) is 44.7 Å². The Hall–Kier alpha value is -0.850. The monoisotopic (exact) mass is 380 g/mol. The van der Waals surface area contributed by atoms with E-state index in [0.29, 0.717) is 5.92 Å². The zero-order valence-electron chi connectivity index (χ0n) is 18.3. The zero-order chi connectivity index (χ0) is 19.5. The van der Waals surface area contributed by atoms with Gasteiger partial charge in [-0.25, -0.2) is 0 Å². The van der Waals surface area contributed by atoms with Gasteiger partial charge in [-0.3, -0.25) is 9.89 Å². The van der Waals surface area contributed by atoms with Crippen LogP contribution in [0.2, 0.25) is 0 Å². The van der Waals surface area contributed by atoms with Crippen LogP contribution < -0.4 is 10.6 Å². The number of likely N-dealkylation sites (N-methyl/N-ethyl adjacent to an activating group) is 1. The smallest absolute Gasteiger partial charge is 0.191 e. The molecule has 2 saturated heterocycles. The van der Waals surface area contributed by atoms with Crippen LogP contribution in [0.1, 0.15) is 46.5 Å². The molecule has 2 atom stereocenters. The highest BCUT2D eigenvalue weighted by Crippen LogP contribution is 2.18. The van der Waals surface area contributed by atoms with E-state index in [-0.39, 0.29) is 0 Å². The molecule has 0 aromatic carbocycles. The number of aliphatic imine (C=N–C) groups is 1. The first-order valence-corrected chi connectivity index (χ1v) is 11.3. The van der Waals surface area contributed by atoms with Crippen molar-refractivity contribution in [3.05, 3.63) is 0 Å². The fraction of sp³-hybridized carbons (Fsp3) is 0.952. The molecule has 0 spiro atoms. The Morgan fingerprint density at radius 2 is 1.85 bits per heavy atom. The van der Waals surface area contributed by atoms with Crippen LogP contribution in [0.15, 0.2) is 4.99 Å². The van der Waals surface area contributed by atoms with Gasteiger partial charge in [0.2, 0.25) is 0 Å². The largest absolute Gasteiger partial charge is 0.357 e. The summed E-state index contributed by atoms with van der Waals surface area (Å²) in [6, 6.07) is 0.781. The third-order valence-corrected chi connectivity index (χ3v) is 5.98. The SMILES string of the molecule is CCNC(=NCC(C)CN1CCN(C)CC1)NCCN1CCCCC1CC. The van der Waals surface area contributed by atoms with Gasteiger partial charge in [0.1, 0.15) is 0 Å². The topological polar surface area (TPSA) is 46.1 Å². The van der Waals surface area contributed by atoms with E-state index in [2.05, 4.69) is 53.2 Å². The molecule has 2 rings (SSSR count). The van der Waals surface area contributed by atoms with Crippen LogP contribution in [-0.4, -0.2) is 99.2 Å². The molecule has 158 valence electrons. The van der Waals surface area contributed by atoms with E-state index in [1.54, 1.807) is 0 Å². The molecular formula is C21H44N6. The summed E-state index contributed by atoms with van der Waals surface area (Å²) in [4.78, 5) is 12.5. The summed E-state index contributed by atoms with van der Waals surface area (Å²) in [6.45, 7) is 17.9. The van der Waals surface area contributed by atoms with Crippen molar-refractivity contribution in [3.63, 3.8) is 0 Å². The predicted molar refractivity (Wildman–Crippen MR) is 117 cm³/mol. The highest BCUT2D eigenvalue weighted by atomic mass is 15.2. The molecule has 6 nitrogen and oxygen atoms in total. The van der Waals surface area contributed by atoms with E-state index in [4.69, 9.17) is 4.99 Å². The van der Waals surface area contributed by atoms with Crippen LogP contribution in [0.4, 0.5) is 0 Å². The lowest BCUT2D eigenvalue weighted by Crippen LogP contribution is -2.46. The molecule has 0 radical (unpaired) electrons. The normalized spacial score (nSPS) is 24.7. The summed E-state index contributed by atoms with van der Waals surface area (Å²) in [7, 11) is 2.21. The Kier molecular flexibility index (Phi) is 10.5. The van der Waals surface area contributed by atoms with Crippen LogP contribution >= 0.6 is 0 Å². The maximum Gasteiger partial charge on any atom is 0.191 e. The first-order valence-electron chi connectivity index (χ1n) is 11.3. The summed E-state index contributed by atoms with van der Waals surface area (Å²) in [5.74, 6) is 1.57. The zero-order valence-corrected chi connectivity index (χ0v) is 18.3. The lowest BCUT2D eigenvalue weighted by Gasteiger charge is -2.35. The first kappa shape index (κ1) is 22.4. The summed E-state index contributed by atoms with van der Waals surface area (Å²) >= 11 is 0. The molecule has 0 amide bonds. The van der Waals surface area contributed by atoms with Crippen LogP contribution in [0.3, 0.4) is 0 Å². The van der Waals surface area contributed by atoms with Crippen LogP contribution in [0.5, 0.6) is 0 Å². The number of piperazine rings is 1. The molecule has 0 aliphatic carbocycles. The van der Waals surface area contributed by atoms with E-state index in [9.17, 15) is 0 Å². The van der Waals surface area contributed by atoms with E-state index in [1.807, 2.05) is 0 Å². The fourth-order valence-electron chi connectivity index (χ4n) is 4.25. The molecular weight excluding hydrogens is 336 g/mol. The number of piperidine rings is 1. The fourth-order valence-corrected chi connectivity index (χ4v) is 4.25.